The summed E-state index contributed by atoms with van der Waals surface area (Å²) < 4.78 is 15.5. The van der Waals surface area contributed by atoms with Crippen LogP contribution in [0.3, 0.4) is 0 Å². The van der Waals surface area contributed by atoms with Gasteiger partial charge in [0, 0.05) is 11.5 Å². The standard InChI is InChI=1S/C19H15FN4/c20-17-9-8-15(10-16(17)11-21)18-19(14-6-7-14)24(23-22-18)12-13-4-2-1-3-5-13/h1-5,8-10,14H,6-7,12H2. The second kappa shape index (κ2) is 5.89. The van der Waals surface area contributed by atoms with Gasteiger partial charge in [-0.3, -0.25) is 0 Å². The zero-order valence-electron chi connectivity index (χ0n) is 13.0. The Morgan fingerprint density at radius 3 is 2.67 bits per heavy atom. The van der Waals surface area contributed by atoms with E-state index in [9.17, 15) is 4.39 Å². The highest BCUT2D eigenvalue weighted by atomic mass is 19.1. The average Bonchev–Trinajstić information content (AvgIpc) is 3.37. The van der Waals surface area contributed by atoms with Crippen LogP contribution in [0.25, 0.3) is 11.3 Å². The molecule has 0 atom stereocenters. The van der Waals surface area contributed by atoms with Gasteiger partial charge in [0.25, 0.3) is 0 Å². The van der Waals surface area contributed by atoms with Crippen molar-refractivity contribution in [3.63, 3.8) is 0 Å². The predicted molar refractivity (Wildman–Crippen MR) is 87.7 cm³/mol. The van der Waals surface area contributed by atoms with Gasteiger partial charge in [-0.15, -0.1) is 5.10 Å². The Morgan fingerprint density at radius 1 is 1.17 bits per heavy atom. The Balaban J connectivity index is 1.76. The van der Waals surface area contributed by atoms with Gasteiger partial charge >= 0.3 is 0 Å². The molecule has 0 radical (unpaired) electrons. The van der Waals surface area contributed by atoms with Gasteiger partial charge in [0.2, 0.25) is 0 Å². The summed E-state index contributed by atoms with van der Waals surface area (Å²) in [5.74, 6) is -0.0693. The molecule has 1 aliphatic carbocycles. The molecule has 0 spiro atoms. The van der Waals surface area contributed by atoms with Crippen LogP contribution in [0.4, 0.5) is 4.39 Å². The van der Waals surface area contributed by atoms with Gasteiger partial charge in [0.15, 0.2) is 0 Å². The topological polar surface area (TPSA) is 54.5 Å². The van der Waals surface area contributed by atoms with E-state index in [1.54, 1.807) is 12.1 Å². The lowest BCUT2D eigenvalue weighted by Gasteiger charge is -2.08. The van der Waals surface area contributed by atoms with Crippen molar-refractivity contribution < 1.29 is 4.39 Å². The smallest absolute Gasteiger partial charge is 0.140 e. The third-order valence-corrected chi connectivity index (χ3v) is 4.27. The second-order valence-electron chi connectivity index (χ2n) is 6.05. The molecule has 4 nitrogen and oxygen atoms in total. The van der Waals surface area contributed by atoms with E-state index in [1.807, 2.05) is 29.0 Å². The SMILES string of the molecule is N#Cc1cc(-c2nnn(Cc3ccccc3)c2C2CC2)ccc1F. The van der Waals surface area contributed by atoms with Crippen molar-refractivity contribution in [3.8, 4) is 17.3 Å². The molecule has 0 bridgehead atoms. The molecule has 0 N–H and O–H groups in total. The third kappa shape index (κ3) is 2.67. The first-order valence-electron chi connectivity index (χ1n) is 7.93. The molecule has 2 aromatic carbocycles. The molecule has 1 aliphatic rings. The highest BCUT2D eigenvalue weighted by molar-refractivity contribution is 5.64. The van der Waals surface area contributed by atoms with Crippen LogP contribution in [0.15, 0.2) is 48.5 Å². The number of hydrogen-bond donors (Lipinski definition) is 0. The van der Waals surface area contributed by atoms with Gasteiger partial charge in [-0.25, -0.2) is 9.07 Å². The zero-order valence-corrected chi connectivity index (χ0v) is 13.0. The van der Waals surface area contributed by atoms with Gasteiger partial charge in [0.1, 0.15) is 17.6 Å². The summed E-state index contributed by atoms with van der Waals surface area (Å²) in [6.07, 6.45) is 2.23. The molecule has 0 amide bonds. The van der Waals surface area contributed by atoms with E-state index in [0.717, 1.165) is 35.4 Å². The molecule has 0 saturated heterocycles. The van der Waals surface area contributed by atoms with Gasteiger partial charge in [-0.05, 0) is 36.6 Å². The fraction of sp³-hybridized carbons (Fsp3) is 0.211. The summed E-state index contributed by atoms with van der Waals surface area (Å²) in [5.41, 5.74) is 3.77. The minimum Gasteiger partial charge on any atom is -0.244 e. The van der Waals surface area contributed by atoms with Gasteiger partial charge in [0.05, 0.1) is 17.8 Å². The first kappa shape index (κ1) is 14.6. The molecule has 1 heterocycles. The van der Waals surface area contributed by atoms with E-state index < -0.39 is 5.82 Å². The number of benzene rings is 2. The molecule has 0 aliphatic heterocycles. The molecule has 118 valence electrons. The van der Waals surface area contributed by atoms with E-state index in [4.69, 9.17) is 5.26 Å². The second-order valence-corrected chi connectivity index (χ2v) is 6.05. The summed E-state index contributed by atoms with van der Waals surface area (Å²) in [6, 6.07) is 16.5. The van der Waals surface area contributed by atoms with E-state index in [1.165, 1.54) is 6.07 Å². The molecule has 0 unspecified atom stereocenters. The van der Waals surface area contributed by atoms with Crippen LogP contribution in [-0.4, -0.2) is 15.0 Å². The van der Waals surface area contributed by atoms with Crippen molar-refractivity contribution >= 4 is 0 Å². The third-order valence-electron chi connectivity index (χ3n) is 4.27. The quantitative estimate of drug-likeness (QED) is 0.733. The summed E-state index contributed by atoms with van der Waals surface area (Å²) in [5, 5.41) is 17.7. The average molecular weight is 318 g/mol. The first-order valence-corrected chi connectivity index (χ1v) is 7.93. The zero-order chi connectivity index (χ0) is 16.5. The minimum atomic E-state index is -0.508. The van der Waals surface area contributed by atoms with Crippen molar-refractivity contribution in [1.29, 1.82) is 5.26 Å². The maximum Gasteiger partial charge on any atom is 0.140 e. The Kier molecular flexibility index (Phi) is 3.58. The van der Waals surface area contributed by atoms with Crippen molar-refractivity contribution in [2.75, 3.05) is 0 Å². The number of halogens is 1. The van der Waals surface area contributed by atoms with Crippen molar-refractivity contribution in [2.24, 2.45) is 0 Å². The number of hydrogen-bond acceptors (Lipinski definition) is 3. The van der Waals surface area contributed by atoms with Crippen molar-refractivity contribution in [3.05, 3.63) is 71.2 Å². The molecule has 1 saturated carbocycles. The summed E-state index contributed by atoms with van der Waals surface area (Å²) >= 11 is 0. The fourth-order valence-corrected chi connectivity index (χ4v) is 2.92. The molecule has 4 rings (SSSR count). The minimum absolute atomic E-state index is 0.0341. The van der Waals surface area contributed by atoms with Crippen molar-refractivity contribution in [2.45, 2.75) is 25.3 Å². The van der Waals surface area contributed by atoms with Crippen LogP contribution >= 0.6 is 0 Å². The summed E-state index contributed by atoms with van der Waals surface area (Å²) in [4.78, 5) is 0. The molecule has 5 heteroatoms. The fourth-order valence-electron chi connectivity index (χ4n) is 2.92. The van der Waals surface area contributed by atoms with Crippen LogP contribution in [0, 0.1) is 17.1 Å². The first-order chi connectivity index (χ1) is 11.8. The Bertz CT molecular complexity index is 920. The summed E-state index contributed by atoms with van der Waals surface area (Å²) in [6.45, 7) is 0.659. The van der Waals surface area contributed by atoms with Gasteiger partial charge in [-0.1, -0.05) is 35.5 Å². The monoisotopic (exact) mass is 318 g/mol. The molecular weight excluding hydrogens is 303 g/mol. The van der Waals surface area contributed by atoms with E-state index in [0.29, 0.717) is 12.5 Å². The van der Waals surface area contributed by atoms with E-state index >= 15 is 0 Å². The molecule has 1 fully saturated rings. The molecular formula is C19H15FN4. The van der Waals surface area contributed by atoms with Crippen LogP contribution in [0.2, 0.25) is 0 Å². The van der Waals surface area contributed by atoms with E-state index in [2.05, 4.69) is 22.4 Å². The molecule has 3 aromatic rings. The lowest BCUT2D eigenvalue weighted by molar-refractivity contribution is 0.619. The lowest BCUT2D eigenvalue weighted by Crippen LogP contribution is -2.06. The normalized spacial score (nSPS) is 13.7. The Hall–Kier alpha value is -3.00. The van der Waals surface area contributed by atoms with E-state index in [-0.39, 0.29) is 5.56 Å². The molecule has 1 aromatic heterocycles. The molecule has 24 heavy (non-hydrogen) atoms. The van der Waals surface area contributed by atoms with Crippen LogP contribution in [0.5, 0.6) is 0 Å². The largest absolute Gasteiger partial charge is 0.244 e. The van der Waals surface area contributed by atoms with Crippen LogP contribution < -0.4 is 0 Å². The predicted octanol–water partition coefficient (Wildman–Crippen LogP) is 3.88. The van der Waals surface area contributed by atoms with Crippen molar-refractivity contribution in [1.82, 2.24) is 15.0 Å². The maximum atomic E-state index is 13.6. The van der Waals surface area contributed by atoms with Crippen LogP contribution in [-0.2, 0) is 6.54 Å². The lowest BCUT2D eigenvalue weighted by atomic mass is 10.0. The summed E-state index contributed by atoms with van der Waals surface area (Å²) in [7, 11) is 0. The Morgan fingerprint density at radius 2 is 1.96 bits per heavy atom. The highest BCUT2D eigenvalue weighted by Gasteiger charge is 2.32. The number of nitriles is 1. The number of nitrogens with zero attached hydrogens (tertiary/aromatic N) is 4. The Labute approximate surface area is 139 Å². The number of aromatic nitrogens is 3. The maximum absolute atomic E-state index is 13.6. The number of rotatable bonds is 4. The van der Waals surface area contributed by atoms with Gasteiger partial charge < -0.3 is 0 Å². The van der Waals surface area contributed by atoms with Crippen LogP contribution in [0.1, 0.15) is 35.6 Å². The van der Waals surface area contributed by atoms with Gasteiger partial charge in [-0.2, -0.15) is 5.26 Å². The highest BCUT2D eigenvalue weighted by Crippen LogP contribution is 2.44.